The Morgan fingerprint density at radius 1 is 1.52 bits per heavy atom. The molecule has 0 fully saturated rings. The number of rotatable bonds is 6. The molecule has 0 saturated heterocycles. The van der Waals surface area contributed by atoms with Crippen molar-refractivity contribution in [3.63, 3.8) is 0 Å². The molecular formula is C11H14N4O5S. The predicted molar refractivity (Wildman–Crippen MR) is 70.3 cm³/mol. The van der Waals surface area contributed by atoms with Crippen LogP contribution in [0.5, 0.6) is 0 Å². The van der Waals surface area contributed by atoms with Crippen LogP contribution in [0.15, 0.2) is 21.7 Å². The van der Waals surface area contributed by atoms with E-state index in [2.05, 4.69) is 14.9 Å². The summed E-state index contributed by atoms with van der Waals surface area (Å²) in [6.07, 6.45) is 1.51. The lowest BCUT2D eigenvalue weighted by Gasteiger charge is -2.02. The fourth-order valence-corrected chi connectivity index (χ4v) is 2.82. The number of carboxylic acids is 1. The molecule has 21 heavy (non-hydrogen) atoms. The Labute approximate surface area is 120 Å². The van der Waals surface area contributed by atoms with Crippen molar-refractivity contribution >= 4 is 16.0 Å². The van der Waals surface area contributed by atoms with Gasteiger partial charge < -0.3 is 14.2 Å². The molecule has 0 spiro atoms. The first-order valence-corrected chi connectivity index (χ1v) is 7.46. The number of aromatic nitrogens is 3. The lowest BCUT2D eigenvalue weighted by atomic mass is 10.4. The Morgan fingerprint density at radius 3 is 2.76 bits per heavy atom. The summed E-state index contributed by atoms with van der Waals surface area (Å²) in [5.41, 5.74) is -0.107. The van der Waals surface area contributed by atoms with Crippen molar-refractivity contribution < 1.29 is 22.8 Å². The van der Waals surface area contributed by atoms with E-state index in [4.69, 9.17) is 9.63 Å². The van der Waals surface area contributed by atoms with Gasteiger partial charge in [-0.15, -0.1) is 0 Å². The van der Waals surface area contributed by atoms with E-state index >= 15 is 0 Å². The summed E-state index contributed by atoms with van der Waals surface area (Å²) in [6.45, 7) is 1.72. The monoisotopic (exact) mass is 314 g/mol. The maximum absolute atomic E-state index is 12.0. The first-order chi connectivity index (χ1) is 9.79. The molecule has 0 aromatic carbocycles. The van der Waals surface area contributed by atoms with E-state index in [1.165, 1.54) is 17.8 Å². The van der Waals surface area contributed by atoms with Gasteiger partial charge in [0.05, 0.1) is 0 Å². The molecule has 2 aromatic heterocycles. The lowest BCUT2D eigenvalue weighted by Crippen LogP contribution is -2.26. The van der Waals surface area contributed by atoms with Crippen molar-refractivity contribution in [1.29, 1.82) is 0 Å². The van der Waals surface area contributed by atoms with E-state index < -0.39 is 16.0 Å². The Hall–Kier alpha value is -2.20. The molecule has 0 amide bonds. The molecule has 9 nitrogen and oxygen atoms in total. The third kappa shape index (κ3) is 3.47. The first kappa shape index (κ1) is 15.2. The second-order valence-corrected chi connectivity index (χ2v) is 6.12. The SMILES string of the molecule is Cc1nc(CCNS(=O)(=O)c2cc(C(=O)O)n(C)c2)no1. The number of aryl methyl sites for hydroxylation is 2. The summed E-state index contributed by atoms with van der Waals surface area (Å²) >= 11 is 0. The van der Waals surface area contributed by atoms with E-state index in [9.17, 15) is 13.2 Å². The Balaban J connectivity index is 2.04. The number of nitrogens with zero attached hydrogens (tertiary/aromatic N) is 3. The molecule has 10 heteroatoms. The minimum atomic E-state index is -3.78. The maximum Gasteiger partial charge on any atom is 0.352 e. The number of carboxylic acid groups (broad SMARTS) is 1. The summed E-state index contributed by atoms with van der Waals surface area (Å²) in [7, 11) is -2.32. The van der Waals surface area contributed by atoms with Crippen LogP contribution in [0.4, 0.5) is 0 Å². The predicted octanol–water partition coefficient (Wildman–Crippen LogP) is -0.0643. The molecule has 0 atom stereocenters. The summed E-state index contributed by atoms with van der Waals surface area (Å²) in [4.78, 5) is 14.7. The standard InChI is InChI=1S/C11H14N4O5S/c1-7-13-10(14-20-7)3-4-12-21(18,19)8-5-9(11(16)17)15(2)6-8/h5-6,12H,3-4H2,1-2H3,(H,16,17). The molecule has 114 valence electrons. The Kier molecular flexibility index (Phi) is 4.09. The van der Waals surface area contributed by atoms with Gasteiger partial charge in [-0.3, -0.25) is 0 Å². The normalized spacial score (nSPS) is 11.7. The maximum atomic E-state index is 12.0. The number of carbonyl (C=O) groups is 1. The van der Waals surface area contributed by atoms with Crippen LogP contribution in [0.3, 0.4) is 0 Å². The lowest BCUT2D eigenvalue weighted by molar-refractivity contribution is 0.0686. The molecule has 0 unspecified atom stereocenters. The fourth-order valence-electron chi connectivity index (χ4n) is 1.72. The van der Waals surface area contributed by atoms with Crippen molar-refractivity contribution in [3.8, 4) is 0 Å². The molecule has 2 heterocycles. The first-order valence-electron chi connectivity index (χ1n) is 5.98. The van der Waals surface area contributed by atoms with Crippen molar-refractivity contribution in [2.24, 2.45) is 7.05 Å². The number of nitrogens with one attached hydrogen (secondary N) is 1. The Bertz CT molecular complexity index is 761. The highest BCUT2D eigenvalue weighted by atomic mass is 32.2. The minimum absolute atomic E-state index is 0.0820. The van der Waals surface area contributed by atoms with Gasteiger partial charge in [-0.1, -0.05) is 5.16 Å². The molecule has 0 aliphatic carbocycles. The molecule has 0 radical (unpaired) electrons. The van der Waals surface area contributed by atoms with Gasteiger partial charge in [0.15, 0.2) is 5.82 Å². The van der Waals surface area contributed by atoms with Crippen molar-refractivity contribution in [2.45, 2.75) is 18.2 Å². The largest absolute Gasteiger partial charge is 0.477 e. The van der Waals surface area contributed by atoms with Crippen LogP contribution in [0.2, 0.25) is 0 Å². The second-order valence-electron chi connectivity index (χ2n) is 4.35. The molecule has 0 aliphatic heterocycles. The smallest absolute Gasteiger partial charge is 0.352 e. The highest BCUT2D eigenvalue weighted by molar-refractivity contribution is 7.89. The van der Waals surface area contributed by atoms with Crippen LogP contribution in [-0.2, 0) is 23.5 Å². The average molecular weight is 314 g/mol. The van der Waals surface area contributed by atoms with Gasteiger partial charge in [-0.25, -0.2) is 17.9 Å². The number of aromatic carboxylic acids is 1. The summed E-state index contributed by atoms with van der Waals surface area (Å²) < 4.78 is 32.4. The van der Waals surface area contributed by atoms with Crippen LogP contribution >= 0.6 is 0 Å². The minimum Gasteiger partial charge on any atom is -0.477 e. The third-order valence-corrected chi connectivity index (χ3v) is 4.15. The second kappa shape index (κ2) is 5.66. The zero-order chi connectivity index (χ0) is 15.6. The van der Waals surface area contributed by atoms with E-state index in [0.717, 1.165) is 6.07 Å². The van der Waals surface area contributed by atoms with Gasteiger partial charge in [0, 0.05) is 33.1 Å². The Morgan fingerprint density at radius 2 is 2.24 bits per heavy atom. The third-order valence-electron chi connectivity index (χ3n) is 2.72. The topological polar surface area (TPSA) is 127 Å². The number of sulfonamides is 1. The molecule has 2 aromatic rings. The van der Waals surface area contributed by atoms with Crippen LogP contribution in [0.25, 0.3) is 0 Å². The molecule has 0 bridgehead atoms. The van der Waals surface area contributed by atoms with Crippen LogP contribution < -0.4 is 4.72 Å². The van der Waals surface area contributed by atoms with Crippen molar-refractivity contribution in [2.75, 3.05) is 6.54 Å². The fraction of sp³-hybridized carbons (Fsp3) is 0.364. The van der Waals surface area contributed by atoms with Crippen LogP contribution in [0.1, 0.15) is 22.2 Å². The molecule has 0 aliphatic rings. The van der Waals surface area contributed by atoms with Gasteiger partial charge in [0.25, 0.3) is 0 Å². The van der Waals surface area contributed by atoms with E-state index in [1.54, 1.807) is 6.92 Å². The molecule has 2 N–H and O–H groups in total. The zero-order valence-electron chi connectivity index (χ0n) is 11.4. The summed E-state index contributed by atoms with van der Waals surface area (Å²) in [5, 5.41) is 12.6. The molecule has 2 rings (SSSR count). The van der Waals surface area contributed by atoms with Gasteiger partial charge >= 0.3 is 5.97 Å². The molecule has 0 saturated carbocycles. The zero-order valence-corrected chi connectivity index (χ0v) is 12.2. The number of hydrogen-bond acceptors (Lipinski definition) is 6. The van der Waals surface area contributed by atoms with E-state index in [1.807, 2.05) is 0 Å². The average Bonchev–Trinajstić information content (AvgIpc) is 2.96. The van der Waals surface area contributed by atoms with Gasteiger partial charge in [0.2, 0.25) is 15.9 Å². The van der Waals surface area contributed by atoms with E-state index in [-0.39, 0.29) is 23.6 Å². The highest BCUT2D eigenvalue weighted by Crippen LogP contribution is 2.13. The number of hydrogen-bond donors (Lipinski definition) is 2. The molecular weight excluding hydrogens is 300 g/mol. The van der Waals surface area contributed by atoms with Gasteiger partial charge in [-0.2, -0.15) is 4.98 Å². The van der Waals surface area contributed by atoms with Crippen LogP contribution in [-0.4, -0.2) is 40.7 Å². The highest BCUT2D eigenvalue weighted by Gasteiger charge is 2.20. The van der Waals surface area contributed by atoms with Crippen molar-refractivity contribution in [1.82, 2.24) is 19.4 Å². The van der Waals surface area contributed by atoms with Crippen molar-refractivity contribution in [3.05, 3.63) is 29.7 Å². The quantitative estimate of drug-likeness (QED) is 0.764. The van der Waals surface area contributed by atoms with Gasteiger partial charge in [0.1, 0.15) is 10.6 Å². The summed E-state index contributed by atoms with van der Waals surface area (Å²) in [6, 6.07) is 1.10. The van der Waals surface area contributed by atoms with E-state index in [0.29, 0.717) is 11.7 Å². The van der Waals surface area contributed by atoms with Gasteiger partial charge in [-0.05, 0) is 6.07 Å². The van der Waals surface area contributed by atoms with Crippen LogP contribution in [0, 0.1) is 6.92 Å². The summed E-state index contributed by atoms with van der Waals surface area (Å²) in [5.74, 6) is -0.391.